The van der Waals surface area contributed by atoms with E-state index < -0.39 is 0 Å². The van der Waals surface area contributed by atoms with Gasteiger partial charge in [-0.2, -0.15) is 5.10 Å². The Bertz CT molecular complexity index is 358. The summed E-state index contributed by atoms with van der Waals surface area (Å²) < 4.78 is 1.93. The highest BCUT2D eigenvalue weighted by atomic mass is 15.3. The Morgan fingerprint density at radius 3 is 2.81 bits per heavy atom. The molecule has 0 spiro atoms. The molecule has 0 bridgehead atoms. The van der Waals surface area contributed by atoms with Crippen LogP contribution in [0.2, 0.25) is 0 Å². The first-order chi connectivity index (χ1) is 7.65. The predicted molar refractivity (Wildman–Crippen MR) is 65.1 cm³/mol. The first kappa shape index (κ1) is 11.6. The van der Waals surface area contributed by atoms with Crippen molar-refractivity contribution in [1.82, 2.24) is 14.7 Å². The second-order valence-corrected chi connectivity index (χ2v) is 4.79. The minimum atomic E-state index is 0.339. The summed E-state index contributed by atoms with van der Waals surface area (Å²) in [5.41, 5.74) is 8.47. The van der Waals surface area contributed by atoms with Crippen LogP contribution >= 0.6 is 0 Å². The van der Waals surface area contributed by atoms with E-state index in [4.69, 9.17) is 5.73 Å². The molecule has 1 saturated heterocycles. The highest BCUT2D eigenvalue weighted by Gasteiger charge is 2.29. The zero-order chi connectivity index (χ0) is 11.7. The first-order valence-corrected chi connectivity index (χ1v) is 6.09. The molecular weight excluding hydrogens is 200 g/mol. The lowest BCUT2D eigenvalue weighted by molar-refractivity contribution is 0.195. The van der Waals surface area contributed by atoms with E-state index in [1.807, 2.05) is 17.9 Å². The molecule has 0 aliphatic carbocycles. The van der Waals surface area contributed by atoms with Gasteiger partial charge in [-0.15, -0.1) is 0 Å². The zero-order valence-corrected chi connectivity index (χ0v) is 10.5. The molecule has 1 aliphatic rings. The largest absolute Gasteiger partial charge is 0.329 e. The van der Waals surface area contributed by atoms with Crippen LogP contribution in [0.3, 0.4) is 0 Å². The summed E-state index contributed by atoms with van der Waals surface area (Å²) in [5, 5.41) is 4.32. The van der Waals surface area contributed by atoms with E-state index in [2.05, 4.69) is 23.8 Å². The number of hydrogen-bond acceptors (Lipinski definition) is 3. The van der Waals surface area contributed by atoms with E-state index in [0.717, 1.165) is 6.54 Å². The fourth-order valence-electron chi connectivity index (χ4n) is 2.70. The van der Waals surface area contributed by atoms with Gasteiger partial charge in [-0.25, -0.2) is 0 Å². The summed E-state index contributed by atoms with van der Waals surface area (Å²) in [4.78, 5) is 2.52. The Kier molecular flexibility index (Phi) is 3.30. The molecule has 4 nitrogen and oxygen atoms in total. The lowest BCUT2D eigenvalue weighted by atomic mass is 10.1. The van der Waals surface area contributed by atoms with Crippen LogP contribution in [0.5, 0.6) is 0 Å². The molecule has 4 heteroatoms. The maximum atomic E-state index is 5.95. The molecule has 0 amide bonds. The van der Waals surface area contributed by atoms with Gasteiger partial charge in [0.2, 0.25) is 0 Å². The van der Waals surface area contributed by atoms with Crippen LogP contribution < -0.4 is 5.73 Å². The van der Waals surface area contributed by atoms with Gasteiger partial charge in [0.05, 0.1) is 12.2 Å². The molecule has 0 aromatic carbocycles. The van der Waals surface area contributed by atoms with Crippen LogP contribution in [0.15, 0.2) is 6.20 Å². The van der Waals surface area contributed by atoms with Crippen LogP contribution in [0.1, 0.15) is 37.1 Å². The molecule has 0 radical (unpaired) electrons. The van der Waals surface area contributed by atoms with E-state index in [1.54, 1.807) is 0 Å². The molecule has 2 atom stereocenters. The summed E-state index contributed by atoms with van der Waals surface area (Å²) in [5.74, 6) is 0. The van der Waals surface area contributed by atoms with E-state index in [0.29, 0.717) is 18.6 Å². The van der Waals surface area contributed by atoms with E-state index in [1.165, 1.54) is 24.1 Å². The van der Waals surface area contributed by atoms with Gasteiger partial charge in [0.15, 0.2) is 0 Å². The smallest absolute Gasteiger partial charge is 0.0540 e. The Morgan fingerprint density at radius 2 is 2.38 bits per heavy atom. The Morgan fingerprint density at radius 1 is 1.62 bits per heavy atom. The molecule has 2 rings (SSSR count). The van der Waals surface area contributed by atoms with Crippen molar-refractivity contribution >= 4 is 0 Å². The third-order valence-corrected chi connectivity index (χ3v) is 3.86. The fourth-order valence-corrected chi connectivity index (χ4v) is 2.70. The van der Waals surface area contributed by atoms with Gasteiger partial charge in [0.25, 0.3) is 0 Å². The van der Waals surface area contributed by atoms with Gasteiger partial charge >= 0.3 is 0 Å². The Hall–Kier alpha value is -0.870. The van der Waals surface area contributed by atoms with Crippen molar-refractivity contribution in [2.45, 2.75) is 38.8 Å². The van der Waals surface area contributed by atoms with E-state index in [9.17, 15) is 0 Å². The number of rotatable bonds is 3. The Balaban J connectivity index is 2.25. The quantitative estimate of drug-likeness (QED) is 0.836. The van der Waals surface area contributed by atoms with Crippen molar-refractivity contribution in [3.63, 3.8) is 0 Å². The van der Waals surface area contributed by atoms with Crippen molar-refractivity contribution < 1.29 is 0 Å². The third kappa shape index (κ3) is 1.87. The molecule has 2 unspecified atom stereocenters. The molecule has 90 valence electrons. The summed E-state index contributed by atoms with van der Waals surface area (Å²) in [7, 11) is 1.99. The molecule has 1 aromatic rings. The van der Waals surface area contributed by atoms with Crippen LogP contribution in [0.25, 0.3) is 0 Å². The molecule has 16 heavy (non-hydrogen) atoms. The topological polar surface area (TPSA) is 47.1 Å². The van der Waals surface area contributed by atoms with Gasteiger partial charge in [0, 0.05) is 30.9 Å². The highest BCUT2D eigenvalue weighted by Crippen LogP contribution is 2.29. The molecule has 1 fully saturated rings. The van der Waals surface area contributed by atoms with Crippen molar-refractivity contribution in [2.75, 3.05) is 13.1 Å². The van der Waals surface area contributed by atoms with Crippen LogP contribution in [0.4, 0.5) is 0 Å². The molecule has 2 N–H and O–H groups in total. The van der Waals surface area contributed by atoms with Gasteiger partial charge in [-0.3, -0.25) is 9.58 Å². The fraction of sp³-hybridized carbons (Fsp3) is 0.750. The number of aryl methyl sites for hydroxylation is 1. The second kappa shape index (κ2) is 4.55. The van der Waals surface area contributed by atoms with Crippen LogP contribution in [0, 0.1) is 6.92 Å². The standard InChI is InChI=1S/C12H22N4/c1-9-5-4-6-16(9)12(7-13)11-8-14-15(3)10(11)2/h8-9,12H,4-7,13H2,1-3H3. The second-order valence-electron chi connectivity index (χ2n) is 4.79. The lowest BCUT2D eigenvalue weighted by Gasteiger charge is -2.30. The van der Waals surface area contributed by atoms with Crippen molar-refractivity contribution in [1.29, 1.82) is 0 Å². The number of likely N-dealkylation sites (tertiary alicyclic amines) is 1. The summed E-state index contributed by atoms with van der Waals surface area (Å²) in [6.07, 6.45) is 4.55. The third-order valence-electron chi connectivity index (χ3n) is 3.86. The minimum Gasteiger partial charge on any atom is -0.329 e. The van der Waals surface area contributed by atoms with E-state index in [-0.39, 0.29) is 0 Å². The average Bonchev–Trinajstić information content (AvgIpc) is 2.81. The molecule has 2 heterocycles. The Labute approximate surface area is 97.4 Å². The van der Waals surface area contributed by atoms with Gasteiger partial charge < -0.3 is 5.73 Å². The van der Waals surface area contributed by atoms with Crippen molar-refractivity contribution in [2.24, 2.45) is 12.8 Å². The van der Waals surface area contributed by atoms with E-state index >= 15 is 0 Å². The minimum absolute atomic E-state index is 0.339. The molecule has 0 saturated carbocycles. The summed E-state index contributed by atoms with van der Waals surface area (Å²) in [6.45, 7) is 6.25. The number of aromatic nitrogens is 2. The maximum Gasteiger partial charge on any atom is 0.0540 e. The average molecular weight is 222 g/mol. The molecule has 1 aromatic heterocycles. The summed E-state index contributed by atoms with van der Waals surface area (Å²) in [6, 6.07) is 0.986. The predicted octanol–water partition coefficient (Wildman–Crippen LogP) is 1.21. The number of nitrogens with zero attached hydrogens (tertiary/aromatic N) is 3. The maximum absolute atomic E-state index is 5.95. The summed E-state index contributed by atoms with van der Waals surface area (Å²) >= 11 is 0. The zero-order valence-electron chi connectivity index (χ0n) is 10.5. The highest BCUT2D eigenvalue weighted by molar-refractivity contribution is 5.21. The molecule has 1 aliphatic heterocycles. The van der Waals surface area contributed by atoms with Gasteiger partial charge in [-0.1, -0.05) is 0 Å². The van der Waals surface area contributed by atoms with Crippen LogP contribution in [-0.2, 0) is 7.05 Å². The van der Waals surface area contributed by atoms with Crippen molar-refractivity contribution in [3.8, 4) is 0 Å². The van der Waals surface area contributed by atoms with Crippen LogP contribution in [-0.4, -0.2) is 33.8 Å². The number of hydrogen-bond donors (Lipinski definition) is 1. The normalized spacial score (nSPS) is 23.9. The SMILES string of the molecule is Cc1c(C(CN)N2CCCC2C)cnn1C. The van der Waals surface area contributed by atoms with Crippen molar-refractivity contribution in [3.05, 3.63) is 17.5 Å². The monoisotopic (exact) mass is 222 g/mol. The molecular formula is C12H22N4. The van der Waals surface area contributed by atoms with Gasteiger partial charge in [0.1, 0.15) is 0 Å². The lowest BCUT2D eigenvalue weighted by Crippen LogP contribution is -2.36. The first-order valence-electron chi connectivity index (χ1n) is 6.09. The van der Waals surface area contributed by atoms with Gasteiger partial charge in [-0.05, 0) is 33.2 Å². The number of nitrogens with two attached hydrogens (primary N) is 1.